The Kier molecular flexibility index (Phi) is 6.42. The van der Waals surface area contributed by atoms with Crippen LogP contribution in [0.4, 0.5) is 4.79 Å². The number of aromatic amines is 1. The van der Waals surface area contributed by atoms with E-state index in [0.29, 0.717) is 6.54 Å². The second kappa shape index (κ2) is 9.07. The fourth-order valence-corrected chi connectivity index (χ4v) is 5.22. The van der Waals surface area contributed by atoms with Crippen molar-refractivity contribution in [1.29, 1.82) is 0 Å². The second-order valence-corrected chi connectivity index (χ2v) is 9.69. The molecule has 0 spiro atoms. The number of nitrogens with one attached hydrogen (secondary N) is 2. The number of halogens is 1. The Labute approximate surface area is 191 Å². The number of hydrogen-bond donors (Lipinski definition) is 2. The van der Waals surface area contributed by atoms with Crippen molar-refractivity contribution in [2.75, 3.05) is 13.7 Å². The van der Waals surface area contributed by atoms with Crippen molar-refractivity contribution in [2.45, 2.75) is 58.0 Å². The molecule has 2 amide bonds. The highest BCUT2D eigenvalue weighted by atomic mass is 79.9. The molecule has 1 aliphatic heterocycles. The molecular formula is C24H30BrN3O3. The minimum atomic E-state index is -0.595. The molecule has 31 heavy (non-hydrogen) atoms. The fraction of sp³-hybridized carbons (Fsp3) is 0.500. The number of nitrogens with zero attached hydrogens (tertiary/aromatic N) is 1. The Morgan fingerprint density at radius 3 is 2.55 bits per heavy atom. The van der Waals surface area contributed by atoms with Crippen molar-refractivity contribution >= 4 is 27.9 Å². The number of fused-ring (bicyclic) bond motifs is 1. The standard InChI is InChI=1S/C24H30BrN3O3/c1-14(2)20(27-24(30)31-3)23(29)28-13-5-8-19(28)22-18-7-4-6-17(18)21(26-22)15-9-11-16(25)12-10-15/h9-12,14,19-20,26H,4-8,13H2,1-3H3,(H,27,30). The zero-order valence-electron chi connectivity index (χ0n) is 18.3. The van der Waals surface area contributed by atoms with Gasteiger partial charge in [-0.15, -0.1) is 0 Å². The van der Waals surface area contributed by atoms with E-state index in [9.17, 15) is 9.59 Å². The number of H-pyrrole nitrogens is 1. The second-order valence-electron chi connectivity index (χ2n) is 8.78. The predicted molar refractivity (Wildman–Crippen MR) is 124 cm³/mol. The average Bonchev–Trinajstić information content (AvgIpc) is 3.48. The zero-order chi connectivity index (χ0) is 22.1. The Bertz CT molecular complexity index is 967. The number of alkyl carbamates (subject to hydrolysis) is 1. The van der Waals surface area contributed by atoms with Gasteiger partial charge in [0, 0.05) is 22.4 Å². The van der Waals surface area contributed by atoms with Crippen LogP contribution in [0.15, 0.2) is 28.7 Å². The monoisotopic (exact) mass is 487 g/mol. The molecule has 2 unspecified atom stereocenters. The molecule has 1 aliphatic carbocycles. The molecule has 0 bridgehead atoms. The molecule has 2 aliphatic rings. The molecular weight excluding hydrogens is 458 g/mol. The molecule has 2 aromatic rings. The summed E-state index contributed by atoms with van der Waals surface area (Å²) in [6.07, 6.45) is 4.58. The van der Waals surface area contributed by atoms with Gasteiger partial charge in [-0.1, -0.05) is 41.9 Å². The zero-order valence-corrected chi connectivity index (χ0v) is 19.9. The summed E-state index contributed by atoms with van der Waals surface area (Å²) in [7, 11) is 1.32. The predicted octanol–water partition coefficient (Wildman–Crippen LogP) is 4.98. The van der Waals surface area contributed by atoms with Crippen molar-refractivity contribution in [3.05, 3.63) is 45.6 Å². The number of benzene rings is 1. The van der Waals surface area contributed by atoms with Crippen LogP contribution in [0.1, 0.15) is 56.0 Å². The van der Waals surface area contributed by atoms with Gasteiger partial charge in [-0.2, -0.15) is 0 Å². The van der Waals surface area contributed by atoms with Gasteiger partial charge in [-0.25, -0.2) is 4.79 Å². The summed E-state index contributed by atoms with van der Waals surface area (Å²) >= 11 is 3.52. The lowest BCUT2D eigenvalue weighted by Gasteiger charge is -2.31. The summed E-state index contributed by atoms with van der Waals surface area (Å²) in [5.41, 5.74) is 6.31. The van der Waals surface area contributed by atoms with Crippen LogP contribution in [0.25, 0.3) is 11.3 Å². The first kappa shape index (κ1) is 21.9. The quantitative estimate of drug-likeness (QED) is 0.624. The van der Waals surface area contributed by atoms with Crippen molar-refractivity contribution in [1.82, 2.24) is 15.2 Å². The summed E-state index contributed by atoms with van der Waals surface area (Å²) < 4.78 is 5.81. The smallest absolute Gasteiger partial charge is 0.407 e. The molecule has 1 aromatic heterocycles. The Morgan fingerprint density at radius 2 is 1.87 bits per heavy atom. The molecule has 2 atom stereocenters. The molecule has 1 aromatic carbocycles. The topological polar surface area (TPSA) is 74.4 Å². The van der Waals surface area contributed by atoms with E-state index in [0.717, 1.165) is 36.6 Å². The summed E-state index contributed by atoms with van der Waals surface area (Å²) in [5.74, 6) is -0.0602. The number of methoxy groups -OCH3 is 1. The first-order valence-electron chi connectivity index (χ1n) is 11.0. The minimum Gasteiger partial charge on any atom is -0.453 e. The van der Waals surface area contributed by atoms with E-state index in [-0.39, 0.29) is 17.9 Å². The van der Waals surface area contributed by atoms with Crippen LogP contribution in [0.5, 0.6) is 0 Å². The van der Waals surface area contributed by atoms with Crippen molar-refractivity contribution < 1.29 is 14.3 Å². The molecule has 4 rings (SSSR count). The van der Waals surface area contributed by atoms with Crippen molar-refractivity contribution in [3.63, 3.8) is 0 Å². The van der Waals surface area contributed by atoms with E-state index in [1.165, 1.54) is 35.2 Å². The lowest BCUT2D eigenvalue weighted by Crippen LogP contribution is -2.51. The highest BCUT2D eigenvalue weighted by molar-refractivity contribution is 9.10. The first-order chi connectivity index (χ1) is 14.9. The number of rotatable bonds is 5. The molecule has 0 saturated carbocycles. The van der Waals surface area contributed by atoms with Gasteiger partial charge >= 0.3 is 6.09 Å². The third-order valence-corrected chi connectivity index (χ3v) is 7.03. The van der Waals surface area contributed by atoms with Gasteiger partial charge < -0.3 is 19.9 Å². The number of ether oxygens (including phenoxy) is 1. The van der Waals surface area contributed by atoms with E-state index >= 15 is 0 Å². The summed E-state index contributed by atoms with van der Waals surface area (Å²) in [6.45, 7) is 4.60. The van der Waals surface area contributed by atoms with Gasteiger partial charge in [-0.3, -0.25) is 4.79 Å². The molecule has 2 heterocycles. The molecule has 6 nitrogen and oxygen atoms in total. The number of likely N-dealkylation sites (tertiary alicyclic amines) is 1. The molecule has 7 heteroatoms. The van der Waals surface area contributed by atoms with Crippen LogP contribution in [0.2, 0.25) is 0 Å². The number of hydrogen-bond acceptors (Lipinski definition) is 3. The van der Waals surface area contributed by atoms with Gasteiger partial charge in [0.1, 0.15) is 6.04 Å². The largest absolute Gasteiger partial charge is 0.453 e. The third kappa shape index (κ3) is 4.25. The van der Waals surface area contributed by atoms with Crippen LogP contribution in [0.3, 0.4) is 0 Å². The third-order valence-electron chi connectivity index (χ3n) is 6.50. The maximum atomic E-state index is 13.5. The highest BCUT2D eigenvalue weighted by Gasteiger charge is 2.39. The van der Waals surface area contributed by atoms with Crippen LogP contribution < -0.4 is 5.32 Å². The summed E-state index contributed by atoms with van der Waals surface area (Å²) in [4.78, 5) is 31.0. The van der Waals surface area contributed by atoms with Crippen LogP contribution in [-0.2, 0) is 22.4 Å². The van der Waals surface area contributed by atoms with Crippen LogP contribution in [0, 0.1) is 5.92 Å². The van der Waals surface area contributed by atoms with E-state index < -0.39 is 12.1 Å². The average molecular weight is 488 g/mol. The van der Waals surface area contributed by atoms with Crippen LogP contribution >= 0.6 is 15.9 Å². The lowest BCUT2D eigenvalue weighted by atomic mass is 10.0. The van der Waals surface area contributed by atoms with Crippen molar-refractivity contribution in [3.8, 4) is 11.3 Å². The van der Waals surface area contributed by atoms with Gasteiger partial charge in [0.15, 0.2) is 0 Å². The van der Waals surface area contributed by atoms with Gasteiger partial charge in [-0.05, 0) is 66.8 Å². The number of carbonyl (C=O) groups is 2. The number of amides is 2. The Morgan fingerprint density at radius 1 is 1.16 bits per heavy atom. The Hall–Kier alpha value is -2.28. The van der Waals surface area contributed by atoms with Crippen LogP contribution in [-0.4, -0.2) is 41.6 Å². The minimum absolute atomic E-state index is 0.0178. The van der Waals surface area contributed by atoms with E-state index in [1.54, 1.807) is 0 Å². The maximum absolute atomic E-state index is 13.5. The number of carbonyl (C=O) groups excluding carboxylic acids is 2. The summed E-state index contributed by atoms with van der Waals surface area (Å²) in [5, 5.41) is 2.74. The first-order valence-corrected chi connectivity index (χ1v) is 11.8. The van der Waals surface area contributed by atoms with Gasteiger partial charge in [0.2, 0.25) is 5.91 Å². The maximum Gasteiger partial charge on any atom is 0.407 e. The molecule has 1 fully saturated rings. The molecule has 166 valence electrons. The Balaban J connectivity index is 1.66. The van der Waals surface area contributed by atoms with Crippen molar-refractivity contribution in [2.24, 2.45) is 5.92 Å². The molecule has 2 N–H and O–H groups in total. The van der Waals surface area contributed by atoms with Gasteiger partial charge in [0.25, 0.3) is 0 Å². The lowest BCUT2D eigenvalue weighted by molar-refractivity contribution is -0.135. The highest BCUT2D eigenvalue weighted by Crippen LogP contribution is 2.42. The molecule has 0 radical (unpaired) electrons. The fourth-order valence-electron chi connectivity index (χ4n) is 4.96. The summed E-state index contributed by atoms with van der Waals surface area (Å²) in [6, 6.07) is 7.81. The van der Waals surface area contributed by atoms with Gasteiger partial charge in [0.05, 0.1) is 13.2 Å². The normalized spacial score (nSPS) is 18.9. The van der Waals surface area contributed by atoms with E-state index in [1.807, 2.05) is 18.7 Å². The SMILES string of the molecule is COC(=O)NC(C(=O)N1CCCC1c1[nH]c(-c2ccc(Br)cc2)c2c1CCC2)C(C)C. The van der Waals surface area contributed by atoms with E-state index in [4.69, 9.17) is 4.74 Å². The number of aromatic nitrogens is 1. The molecule has 1 saturated heterocycles. The van der Waals surface area contributed by atoms with E-state index in [2.05, 4.69) is 50.5 Å².